The highest BCUT2D eigenvalue weighted by Crippen LogP contribution is 2.07. The second kappa shape index (κ2) is 5.07. The van der Waals surface area contributed by atoms with Crippen molar-refractivity contribution in [3.05, 3.63) is 12.0 Å². The van der Waals surface area contributed by atoms with Crippen LogP contribution in [0.25, 0.3) is 0 Å². The van der Waals surface area contributed by atoms with E-state index in [1.54, 1.807) is 20.8 Å². The zero-order chi connectivity index (χ0) is 10.5. The minimum Gasteiger partial charge on any atom is -0.444 e. The van der Waals surface area contributed by atoms with Crippen molar-refractivity contribution >= 4 is 17.7 Å². The summed E-state index contributed by atoms with van der Waals surface area (Å²) in [5.74, 6) is -0.101. The molecule has 0 aliphatic carbocycles. The van der Waals surface area contributed by atoms with E-state index in [4.69, 9.17) is 16.3 Å². The molecule has 0 fully saturated rings. The van der Waals surface area contributed by atoms with Gasteiger partial charge in [0.25, 0.3) is 0 Å². The third kappa shape index (κ3) is 6.40. The Bertz CT molecular complexity index is 211. The Morgan fingerprint density at radius 2 is 2.15 bits per heavy atom. The highest BCUT2D eigenvalue weighted by Gasteiger charge is 2.16. The summed E-state index contributed by atoms with van der Waals surface area (Å²) in [6.07, 6.45) is -0.478. The molecule has 0 saturated heterocycles. The molecule has 0 aromatic heterocycles. The van der Waals surface area contributed by atoms with Gasteiger partial charge in [0, 0.05) is 0 Å². The standard InChI is InChI=1S/C8H13ClFNO2/c1-8(2,3)13-7(12)11-6(4-9)5-10/h5H,4H2,1-3H3,(H,11,12)/b6-5-. The van der Waals surface area contributed by atoms with E-state index in [1.807, 2.05) is 0 Å². The van der Waals surface area contributed by atoms with E-state index in [-0.39, 0.29) is 17.9 Å². The number of rotatable bonds is 2. The second-order valence-corrected chi connectivity index (χ2v) is 3.66. The molecule has 0 aliphatic rings. The number of ether oxygens (including phenoxy) is 1. The van der Waals surface area contributed by atoms with Crippen molar-refractivity contribution in [1.82, 2.24) is 5.32 Å². The monoisotopic (exact) mass is 209 g/mol. The summed E-state index contributed by atoms with van der Waals surface area (Å²) < 4.78 is 16.8. The van der Waals surface area contributed by atoms with Crippen LogP contribution in [0.4, 0.5) is 9.18 Å². The largest absolute Gasteiger partial charge is 0.444 e. The van der Waals surface area contributed by atoms with Crippen molar-refractivity contribution in [3.63, 3.8) is 0 Å². The van der Waals surface area contributed by atoms with Gasteiger partial charge in [0.1, 0.15) is 11.9 Å². The topological polar surface area (TPSA) is 38.3 Å². The number of hydrogen-bond acceptors (Lipinski definition) is 2. The van der Waals surface area contributed by atoms with Gasteiger partial charge in [-0.25, -0.2) is 9.18 Å². The van der Waals surface area contributed by atoms with Crippen molar-refractivity contribution in [2.24, 2.45) is 0 Å². The Morgan fingerprint density at radius 3 is 2.46 bits per heavy atom. The van der Waals surface area contributed by atoms with Crippen LogP contribution in [-0.2, 0) is 4.74 Å². The van der Waals surface area contributed by atoms with Gasteiger partial charge in [-0.15, -0.1) is 11.6 Å². The SMILES string of the molecule is CC(C)(C)OC(=O)N/C(=C\F)CCl. The third-order valence-electron chi connectivity index (χ3n) is 0.937. The van der Waals surface area contributed by atoms with E-state index < -0.39 is 11.7 Å². The average molecular weight is 210 g/mol. The highest BCUT2D eigenvalue weighted by atomic mass is 35.5. The fraction of sp³-hybridized carbons (Fsp3) is 0.625. The minimum atomic E-state index is -0.711. The second-order valence-electron chi connectivity index (χ2n) is 3.39. The van der Waals surface area contributed by atoms with Gasteiger partial charge in [-0.05, 0) is 20.8 Å². The molecule has 5 heteroatoms. The minimum absolute atomic E-state index is 0.0177. The molecule has 0 aliphatic heterocycles. The normalized spacial score (nSPS) is 12.5. The predicted octanol–water partition coefficient (Wildman–Crippen LogP) is 2.56. The smallest absolute Gasteiger partial charge is 0.411 e. The quantitative estimate of drug-likeness (QED) is 0.710. The van der Waals surface area contributed by atoms with Crippen LogP contribution in [0.2, 0.25) is 0 Å². The van der Waals surface area contributed by atoms with Gasteiger partial charge in [-0.2, -0.15) is 0 Å². The van der Waals surface area contributed by atoms with Gasteiger partial charge < -0.3 is 4.74 Å². The van der Waals surface area contributed by atoms with E-state index >= 15 is 0 Å². The third-order valence-corrected chi connectivity index (χ3v) is 1.23. The summed E-state index contributed by atoms with van der Waals surface area (Å²) in [5, 5.41) is 2.17. The van der Waals surface area contributed by atoms with E-state index in [1.165, 1.54) is 0 Å². The van der Waals surface area contributed by atoms with Gasteiger partial charge >= 0.3 is 6.09 Å². The number of amides is 1. The predicted molar refractivity (Wildman–Crippen MR) is 49.3 cm³/mol. The Balaban J connectivity index is 4.02. The van der Waals surface area contributed by atoms with E-state index in [2.05, 4.69) is 5.32 Å². The number of carbonyl (C=O) groups is 1. The molecule has 0 bridgehead atoms. The molecular formula is C8H13ClFNO2. The maximum Gasteiger partial charge on any atom is 0.411 e. The summed E-state index contributed by atoms with van der Waals surface area (Å²) in [4.78, 5) is 11.0. The molecule has 0 saturated carbocycles. The summed E-state index contributed by atoms with van der Waals surface area (Å²) >= 11 is 5.30. The van der Waals surface area contributed by atoms with E-state index in [0.717, 1.165) is 0 Å². The molecule has 3 nitrogen and oxygen atoms in total. The van der Waals surface area contributed by atoms with Gasteiger partial charge in [-0.1, -0.05) is 0 Å². The van der Waals surface area contributed by atoms with Crippen LogP contribution in [0.1, 0.15) is 20.8 Å². The molecule has 0 aromatic rings. The van der Waals surface area contributed by atoms with Crippen LogP contribution in [0.15, 0.2) is 12.0 Å². The molecule has 0 atom stereocenters. The molecule has 1 N–H and O–H groups in total. The summed E-state index contributed by atoms with van der Waals surface area (Å²) in [5.41, 5.74) is -0.617. The molecule has 0 unspecified atom stereocenters. The van der Waals surface area contributed by atoms with Crippen molar-refractivity contribution in [3.8, 4) is 0 Å². The Labute approximate surface area is 81.9 Å². The Kier molecular flexibility index (Phi) is 4.77. The number of alkyl carbamates (subject to hydrolysis) is 1. The number of hydrogen-bond donors (Lipinski definition) is 1. The van der Waals surface area contributed by atoms with Crippen LogP contribution in [0.5, 0.6) is 0 Å². The fourth-order valence-corrected chi connectivity index (χ4v) is 0.650. The molecule has 76 valence electrons. The van der Waals surface area contributed by atoms with Crippen molar-refractivity contribution in [1.29, 1.82) is 0 Å². The Hall–Kier alpha value is -0.770. The average Bonchev–Trinajstić information content (AvgIpc) is 1.96. The number of allylic oxidation sites excluding steroid dienone is 1. The molecular weight excluding hydrogens is 197 g/mol. The fourth-order valence-electron chi connectivity index (χ4n) is 0.525. The molecule has 0 spiro atoms. The van der Waals surface area contributed by atoms with Gasteiger partial charge in [0.15, 0.2) is 0 Å². The lowest BCUT2D eigenvalue weighted by Gasteiger charge is -2.19. The number of carbonyl (C=O) groups excluding carboxylic acids is 1. The highest BCUT2D eigenvalue weighted by molar-refractivity contribution is 6.19. The zero-order valence-corrected chi connectivity index (χ0v) is 8.61. The van der Waals surface area contributed by atoms with Crippen LogP contribution in [-0.4, -0.2) is 17.6 Å². The van der Waals surface area contributed by atoms with Crippen molar-refractivity contribution < 1.29 is 13.9 Å². The number of nitrogens with one attached hydrogen (secondary N) is 1. The van der Waals surface area contributed by atoms with Crippen LogP contribution in [0, 0.1) is 0 Å². The van der Waals surface area contributed by atoms with Crippen molar-refractivity contribution in [2.45, 2.75) is 26.4 Å². The molecule has 0 radical (unpaired) electrons. The van der Waals surface area contributed by atoms with Crippen LogP contribution < -0.4 is 5.32 Å². The maximum absolute atomic E-state index is 11.9. The molecule has 0 rings (SSSR count). The first kappa shape index (κ1) is 12.2. The van der Waals surface area contributed by atoms with Gasteiger partial charge in [0.2, 0.25) is 0 Å². The summed E-state index contributed by atoms with van der Waals surface area (Å²) in [7, 11) is 0. The lowest BCUT2D eigenvalue weighted by atomic mass is 10.2. The zero-order valence-electron chi connectivity index (χ0n) is 7.86. The lowest BCUT2D eigenvalue weighted by molar-refractivity contribution is 0.0545. The first-order valence-corrected chi connectivity index (χ1v) is 4.27. The lowest BCUT2D eigenvalue weighted by Crippen LogP contribution is -2.32. The van der Waals surface area contributed by atoms with Gasteiger partial charge in [-0.3, -0.25) is 5.32 Å². The maximum atomic E-state index is 11.9. The summed E-state index contributed by atoms with van der Waals surface area (Å²) in [6.45, 7) is 5.14. The molecule has 1 amide bonds. The molecule has 0 heterocycles. The Morgan fingerprint density at radius 1 is 1.62 bits per heavy atom. The number of alkyl halides is 1. The molecule has 13 heavy (non-hydrogen) atoms. The van der Waals surface area contributed by atoms with E-state index in [9.17, 15) is 9.18 Å². The van der Waals surface area contributed by atoms with Crippen LogP contribution in [0.3, 0.4) is 0 Å². The molecule has 0 aromatic carbocycles. The summed E-state index contributed by atoms with van der Waals surface area (Å²) in [6, 6.07) is 0. The van der Waals surface area contributed by atoms with Crippen molar-refractivity contribution in [2.75, 3.05) is 5.88 Å². The number of halogens is 2. The first-order valence-electron chi connectivity index (χ1n) is 3.74. The first-order chi connectivity index (χ1) is 5.89. The van der Waals surface area contributed by atoms with Gasteiger partial charge in [0.05, 0.1) is 11.6 Å². The van der Waals surface area contributed by atoms with E-state index in [0.29, 0.717) is 0 Å². The van der Waals surface area contributed by atoms with Crippen LogP contribution >= 0.6 is 11.6 Å².